The van der Waals surface area contributed by atoms with Gasteiger partial charge in [0.1, 0.15) is 24.7 Å². The molecular formula is C22H26N4O6. The molecule has 0 bridgehead atoms. The number of anilines is 2. The number of ether oxygens (including phenoxy) is 3. The minimum Gasteiger partial charge on any atom is -0.490 e. The van der Waals surface area contributed by atoms with Crippen LogP contribution in [0.2, 0.25) is 0 Å². The van der Waals surface area contributed by atoms with E-state index in [1.54, 1.807) is 49.4 Å². The average Bonchev–Trinajstić information content (AvgIpc) is 2.76. The third kappa shape index (κ3) is 6.46. The first-order chi connectivity index (χ1) is 15.4. The minimum absolute atomic E-state index is 0.0390. The number of hydrogen-bond donors (Lipinski definition) is 1. The van der Waals surface area contributed by atoms with E-state index in [1.807, 2.05) is 6.92 Å². The summed E-state index contributed by atoms with van der Waals surface area (Å²) in [6.45, 7) is 7.60. The van der Waals surface area contributed by atoms with E-state index >= 15 is 0 Å². The molecule has 0 atom stereocenters. The zero-order valence-electron chi connectivity index (χ0n) is 18.0. The van der Waals surface area contributed by atoms with Crippen molar-refractivity contribution in [3.05, 3.63) is 70.8 Å². The molecule has 0 aliphatic heterocycles. The molecule has 2 rings (SSSR count). The number of benzene rings is 1. The summed E-state index contributed by atoms with van der Waals surface area (Å²) >= 11 is 0. The minimum atomic E-state index is -0.780. The first kappa shape index (κ1) is 24.2. The number of nitrogen functional groups attached to an aromatic ring is 1. The van der Waals surface area contributed by atoms with Gasteiger partial charge in [0.05, 0.1) is 18.1 Å². The van der Waals surface area contributed by atoms with E-state index in [1.165, 1.54) is 6.07 Å². The Balaban J connectivity index is 2.52. The summed E-state index contributed by atoms with van der Waals surface area (Å²) in [7, 11) is 0. The second-order valence-corrected chi connectivity index (χ2v) is 6.38. The Hall–Kier alpha value is -4.08. The zero-order chi connectivity index (χ0) is 23.5. The summed E-state index contributed by atoms with van der Waals surface area (Å²) in [6, 6.07) is 8.27. The molecule has 2 aromatic rings. The summed E-state index contributed by atoms with van der Waals surface area (Å²) in [4.78, 5) is 28.9. The monoisotopic (exact) mass is 442 g/mol. The highest BCUT2D eigenvalue weighted by atomic mass is 16.6. The van der Waals surface area contributed by atoms with Gasteiger partial charge < -0.3 is 19.9 Å². The molecule has 0 unspecified atom stereocenters. The molecule has 170 valence electrons. The third-order valence-electron chi connectivity index (χ3n) is 4.11. The lowest BCUT2D eigenvalue weighted by molar-refractivity contribution is -0.383. The van der Waals surface area contributed by atoms with Crippen molar-refractivity contribution in [3.63, 3.8) is 0 Å². The first-order valence-electron chi connectivity index (χ1n) is 9.87. The van der Waals surface area contributed by atoms with Crippen LogP contribution in [0.1, 0.15) is 19.4 Å². The standard InChI is InChI=1S/C22H26N4O6/c1-4-7-12-32-19-14-18(20(26(28)29)21(23)24-19)25(22(27)30-6-3)15-16-9-8-10-17(13-16)31-11-5-2/h4-5,7-10,13-14H,2,6,11-12,15H2,1,3H3,(H2,23,24)/b7-4+. The van der Waals surface area contributed by atoms with E-state index in [9.17, 15) is 14.9 Å². The van der Waals surface area contributed by atoms with Crippen LogP contribution in [0.4, 0.5) is 22.0 Å². The van der Waals surface area contributed by atoms with Gasteiger partial charge in [0, 0.05) is 6.07 Å². The van der Waals surface area contributed by atoms with Crippen molar-refractivity contribution in [2.24, 2.45) is 0 Å². The number of nitrogens with two attached hydrogens (primary N) is 1. The maximum absolute atomic E-state index is 12.8. The Morgan fingerprint density at radius 1 is 1.31 bits per heavy atom. The molecule has 2 N–H and O–H groups in total. The van der Waals surface area contributed by atoms with Crippen molar-refractivity contribution in [3.8, 4) is 11.6 Å². The fourth-order valence-corrected chi connectivity index (χ4v) is 2.74. The normalized spacial score (nSPS) is 10.6. The number of carbonyl (C=O) groups is 1. The number of carbonyl (C=O) groups excluding carboxylic acids is 1. The van der Waals surface area contributed by atoms with Gasteiger partial charge in [-0.25, -0.2) is 4.79 Å². The highest BCUT2D eigenvalue weighted by Gasteiger charge is 2.30. The van der Waals surface area contributed by atoms with Gasteiger partial charge >= 0.3 is 11.8 Å². The van der Waals surface area contributed by atoms with Crippen LogP contribution in [0.3, 0.4) is 0 Å². The maximum atomic E-state index is 12.8. The van der Waals surface area contributed by atoms with Crippen molar-refractivity contribution in [2.75, 3.05) is 30.5 Å². The molecule has 1 aromatic heterocycles. The highest BCUT2D eigenvalue weighted by molar-refractivity contribution is 5.92. The SMILES string of the molecule is C=CCOc1cccc(CN(C(=O)OCC)c2cc(OC/C=C/C)nc(N)c2[N+](=O)[O-])c1. The lowest BCUT2D eigenvalue weighted by atomic mass is 10.2. The van der Waals surface area contributed by atoms with Gasteiger partial charge in [-0.15, -0.1) is 0 Å². The quantitative estimate of drug-likeness (QED) is 0.310. The van der Waals surface area contributed by atoms with Crippen molar-refractivity contribution < 1.29 is 23.9 Å². The Labute approximate surface area is 186 Å². The molecule has 0 fully saturated rings. The Morgan fingerprint density at radius 2 is 2.09 bits per heavy atom. The molecule has 0 aliphatic rings. The molecule has 0 aliphatic carbocycles. The molecular weight excluding hydrogens is 416 g/mol. The number of nitro groups is 1. The van der Waals surface area contributed by atoms with E-state index in [0.29, 0.717) is 17.9 Å². The third-order valence-corrected chi connectivity index (χ3v) is 4.11. The van der Waals surface area contributed by atoms with Gasteiger partial charge in [-0.3, -0.25) is 15.0 Å². The first-order valence-corrected chi connectivity index (χ1v) is 9.87. The molecule has 0 saturated heterocycles. The number of hydrogen-bond acceptors (Lipinski definition) is 8. The average molecular weight is 442 g/mol. The van der Waals surface area contributed by atoms with Crippen LogP contribution >= 0.6 is 0 Å². The number of allylic oxidation sites excluding steroid dienone is 1. The smallest absolute Gasteiger partial charge is 0.414 e. The van der Waals surface area contributed by atoms with Crippen molar-refractivity contribution in [2.45, 2.75) is 20.4 Å². The van der Waals surface area contributed by atoms with E-state index in [4.69, 9.17) is 19.9 Å². The van der Waals surface area contributed by atoms with Crippen LogP contribution in [0.5, 0.6) is 11.6 Å². The Kier molecular flexibility index (Phi) is 9.03. The molecule has 0 spiro atoms. The highest BCUT2D eigenvalue weighted by Crippen LogP contribution is 2.37. The fourth-order valence-electron chi connectivity index (χ4n) is 2.74. The summed E-state index contributed by atoms with van der Waals surface area (Å²) in [6.07, 6.45) is 4.34. The summed E-state index contributed by atoms with van der Waals surface area (Å²) in [5.74, 6) is 0.226. The zero-order valence-corrected chi connectivity index (χ0v) is 18.0. The topological polar surface area (TPSA) is 130 Å². The van der Waals surface area contributed by atoms with Crippen molar-refractivity contribution >= 4 is 23.3 Å². The van der Waals surface area contributed by atoms with Crippen molar-refractivity contribution in [1.82, 2.24) is 4.98 Å². The molecule has 10 nitrogen and oxygen atoms in total. The largest absolute Gasteiger partial charge is 0.490 e. The molecule has 1 amide bonds. The van der Waals surface area contributed by atoms with Crippen LogP contribution in [0.25, 0.3) is 0 Å². The van der Waals surface area contributed by atoms with Gasteiger partial charge in [-0.05, 0) is 31.5 Å². The van der Waals surface area contributed by atoms with Crippen LogP contribution in [0.15, 0.2) is 55.1 Å². The fraction of sp³-hybridized carbons (Fsp3) is 0.273. The predicted molar refractivity (Wildman–Crippen MR) is 121 cm³/mol. The van der Waals surface area contributed by atoms with Crippen LogP contribution in [-0.2, 0) is 11.3 Å². The summed E-state index contributed by atoms with van der Waals surface area (Å²) in [5.41, 5.74) is 5.90. The van der Waals surface area contributed by atoms with E-state index in [2.05, 4.69) is 11.6 Å². The lowest BCUT2D eigenvalue weighted by Gasteiger charge is -2.23. The van der Waals surface area contributed by atoms with Crippen LogP contribution in [-0.4, -0.2) is 35.8 Å². The van der Waals surface area contributed by atoms with Crippen LogP contribution < -0.4 is 20.1 Å². The molecule has 0 radical (unpaired) electrons. The summed E-state index contributed by atoms with van der Waals surface area (Å²) in [5, 5.41) is 11.7. The lowest BCUT2D eigenvalue weighted by Crippen LogP contribution is -2.32. The van der Waals surface area contributed by atoms with Crippen molar-refractivity contribution in [1.29, 1.82) is 0 Å². The van der Waals surface area contributed by atoms with Gasteiger partial charge in [-0.1, -0.05) is 36.9 Å². The molecule has 1 aromatic carbocycles. The Bertz CT molecular complexity index is 992. The van der Waals surface area contributed by atoms with E-state index < -0.39 is 16.7 Å². The second kappa shape index (κ2) is 11.9. The van der Waals surface area contributed by atoms with Gasteiger partial charge in [-0.2, -0.15) is 4.98 Å². The van der Waals surface area contributed by atoms with Crippen LogP contribution in [0, 0.1) is 10.1 Å². The predicted octanol–water partition coefficient (Wildman–Crippen LogP) is 4.25. The Morgan fingerprint density at radius 3 is 2.75 bits per heavy atom. The molecule has 0 saturated carbocycles. The van der Waals surface area contributed by atoms with Gasteiger partial charge in [0.15, 0.2) is 0 Å². The number of rotatable bonds is 11. The number of nitrogens with zero attached hydrogens (tertiary/aromatic N) is 3. The molecule has 10 heteroatoms. The van der Waals surface area contributed by atoms with Gasteiger partial charge in [0.2, 0.25) is 11.7 Å². The van der Waals surface area contributed by atoms with E-state index in [-0.39, 0.29) is 37.1 Å². The molecule has 32 heavy (non-hydrogen) atoms. The molecule has 1 heterocycles. The number of amides is 1. The summed E-state index contributed by atoms with van der Waals surface area (Å²) < 4.78 is 16.2. The number of pyridine rings is 1. The second-order valence-electron chi connectivity index (χ2n) is 6.38. The van der Waals surface area contributed by atoms with Gasteiger partial charge in [0.25, 0.3) is 0 Å². The van der Waals surface area contributed by atoms with E-state index in [0.717, 1.165) is 4.90 Å². The number of aromatic nitrogens is 1. The maximum Gasteiger partial charge on any atom is 0.414 e.